The quantitative estimate of drug-likeness (QED) is 0.347. The van der Waals surface area contributed by atoms with Crippen molar-refractivity contribution >= 4 is 34.4 Å². The smallest absolute Gasteiger partial charge is 0.475 e. The number of H-pyrrole nitrogens is 1. The van der Waals surface area contributed by atoms with Crippen molar-refractivity contribution in [2.45, 2.75) is 24.9 Å². The first-order chi connectivity index (χ1) is 18.1. The number of carbonyl (C=O) groups is 3. The molecule has 0 unspecified atom stereocenters. The molecule has 1 atom stereocenters. The Labute approximate surface area is 215 Å². The van der Waals surface area contributed by atoms with E-state index in [1.54, 1.807) is 24.5 Å². The number of hydrogen-bond acceptors (Lipinski definition) is 7. The number of amides is 1. The highest BCUT2D eigenvalue weighted by atomic mass is 19.4. The molecule has 1 fully saturated rings. The summed E-state index contributed by atoms with van der Waals surface area (Å²) in [6.45, 7) is 1.89. The number of carboxylic acids is 2. The van der Waals surface area contributed by atoms with E-state index in [9.17, 15) is 31.1 Å². The number of fused-ring (bicyclic) bond motifs is 1. The number of carbonyl (C=O) groups excluding carboxylic acids is 1. The second kappa shape index (κ2) is 12.9. The first-order valence-corrected chi connectivity index (χ1v) is 10.7. The van der Waals surface area contributed by atoms with Crippen LogP contribution >= 0.6 is 0 Å². The number of nitrogens with one attached hydrogen (secondary N) is 2. The van der Waals surface area contributed by atoms with Crippen LogP contribution in [0.2, 0.25) is 0 Å². The molecule has 1 aliphatic heterocycles. The zero-order chi connectivity index (χ0) is 29.4. The number of rotatable bonds is 4. The molecule has 1 amide bonds. The molecule has 2 aromatic heterocycles. The van der Waals surface area contributed by atoms with Gasteiger partial charge in [0.1, 0.15) is 6.10 Å². The van der Waals surface area contributed by atoms with Gasteiger partial charge in [0, 0.05) is 42.0 Å². The summed E-state index contributed by atoms with van der Waals surface area (Å²) < 4.78 is 69.4. The van der Waals surface area contributed by atoms with E-state index in [2.05, 4.69) is 32.4 Å². The van der Waals surface area contributed by atoms with E-state index in [-0.39, 0.29) is 12.0 Å². The summed E-state index contributed by atoms with van der Waals surface area (Å²) >= 11 is 0. The monoisotopic (exact) mass is 565 g/mol. The fourth-order valence-corrected chi connectivity index (χ4v) is 3.00. The van der Waals surface area contributed by atoms with E-state index in [1.165, 1.54) is 0 Å². The van der Waals surface area contributed by atoms with Crippen molar-refractivity contribution in [3.8, 4) is 5.88 Å². The molecule has 4 rings (SSSR count). The molecule has 0 bridgehead atoms. The number of aromatic amines is 1. The topological polar surface area (TPSA) is 158 Å². The number of carboxylic acid groups (broad SMARTS) is 2. The second-order valence-corrected chi connectivity index (χ2v) is 7.91. The Morgan fingerprint density at radius 2 is 1.67 bits per heavy atom. The highest BCUT2D eigenvalue weighted by Gasteiger charge is 2.38. The van der Waals surface area contributed by atoms with Crippen molar-refractivity contribution < 1.29 is 55.7 Å². The minimum atomic E-state index is -5.08. The number of aliphatic carboxylic acids is 2. The molecule has 212 valence electrons. The number of aromatic nitrogens is 3. The zero-order valence-corrected chi connectivity index (χ0v) is 19.9. The summed E-state index contributed by atoms with van der Waals surface area (Å²) in [6, 6.07) is 8.97. The van der Waals surface area contributed by atoms with Crippen LogP contribution in [0.3, 0.4) is 0 Å². The number of benzene rings is 1. The van der Waals surface area contributed by atoms with Crippen LogP contribution in [-0.4, -0.2) is 86.7 Å². The van der Waals surface area contributed by atoms with Crippen LogP contribution in [0.1, 0.15) is 16.8 Å². The molecule has 3 heterocycles. The predicted molar refractivity (Wildman–Crippen MR) is 122 cm³/mol. The molecule has 1 saturated heterocycles. The molecular weight excluding hydrogens is 544 g/mol. The van der Waals surface area contributed by atoms with E-state index >= 15 is 0 Å². The number of likely N-dealkylation sites (tertiary alicyclic amines) is 1. The summed E-state index contributed by atoms with van der Waals surface area (Å²) in [4.78, 5) is 36.7. The van der Waals surface area contributed by atoms with Gasteiger partial charge in [-0.3, -0.25) is 9.89 Å². The van der Waals surface area contributed by atoms with Crippen LogP contribution in [-0.2, 0) is 9.59 Å². The summed E-state index contributed by atoms with van der Waals surface area (Å²) in [6.07, 6.45) is -5.75. The Hall–Kier alpha value is -4.41. The molecule has 11 nitrogen and oxygen atoms in total. The number of nitrogens with zero attached hydrogens (tertiary/aromatic N) is 3. The molecule has 0 spiro atoms. The third kappa shape index (κ3) is 10.1. The van der Waals surface area contributed by atoms with Gasteiger partial charge in [-0.1, -0.05) is 0 Å². The molecule has 0 radical (unpaired) electrons. The molecule has 0 aliphatic carbocycles. The van der Waals surface area contributed by atoms with Gasteiger partial charge in [0.2, 0.25) is 5.88 Å². The third-order valence-electron chi connectivity index (χ3n) is 4.82. The van der Waals surface area contributed by atoms with Gasteiger partial charge in [-0.25, -0.2) is 14.6 Å². The first-order valence-electron chi connectivity index (χ1n) is 10.7. The molecule has 17 heteroatoms. The number of likely N-dealkylation sites (N-methyl/N-ethyl adjacent to an activating group) is 1. The van der Waals surface area contributed by atoms with Gasteiger partial charge in [0.05, 0.1) is 11.7 Å². The van der Waals surface area contributed by atoms with Gasteiger partial charge in [0.25, 0.3) is 5.91 Å². The summed E-state index contributed by atoms with van der Waals surface area (Å²) in [5.74, 6) is -5.23. The van der Waals surface area contributed by atoms with Crippen LogP contribution in [0.15, 0.2) is 42.7 Å². The van der Waals surface area contributed by atoms with Crippen LogP contribution in [0.4, 0.5) is 32.0 Å². The van der Waals surface area contributed by atoms with Gasteiger partial charge in [-0.2, -0.15) is 31.4 Å². The van der Waals surface area contributed by atoms with Crippen molar-refractivity contribution in [2.24, 2.45) is 0 Å². The average Bonchev–Trinajstić information content (AvgIpc) is 3.47. The predicted octanol–water partition coefficient (Wildman–Crippen LogP) is 3.56. The minimum absolute atomic E-state index is 0.124. The third-order valence-corrected chi connectivity index (χ3v) is 4.82. The Balaban J connectivity index is 0.000000317. The van der Waals surface area contributed by atoms with Crippen molar-refractivity contribution in [3.05, 3.63) is 48.3 Å². The lowest BCUT2D eigenvalue weighted by atomic mass is 10.2. The van der Waals surface area contributed by atoms with Crippen molar-refractivity contribution in [3.63, 3.8) is 0 Å². The molecule has 1 aromatic carbocycles. The normalized spacial score (nSPS) is 15.4. The Bertz CT molecular complexity index is 1270. The fraction of sp³-hybridized carbons (Fsp3) is 0.318. The van der Waals surface area contributed by atoms with Gasteiger partial charge >= 0.3 is 24.3 Å². The standard InChI is InChI=1S/C18H19N5O2.2C2HF3O2/c1-23-7-5-15(11-23)25-17-9-12(4-6-19-17)18(24)21-14-2-3-16-13(8-14)10-20-22-16;2*3-2(4,5)1(6)7/h2-4,6,8-10,15H,5,7,11H2,1H3,(H,20,22)(H,21,24);2*(H,6,7)/t15-;;/m1../s1. The lowest BCUT2D eigenvalue weighted by molar-refractivity contribution is -0.193. The molecule has 1 aliphatic rings. The SMILES string of the molecule is CN1CC[C@@H](Oc2cc(C(=O)Nc3ccc4[nH]ncc4c3)ccn2)C1.O=C(O)C(F)(F)F.O=C(O)C(F)(F)F. The second-order valence-electron chi connectivity index (χ2n) is 7.91. The van der Waals surface area contributed by atoms with E-state index in [4.69, 9.17) is 24.5 Å². The average molecular weight is 565 g/mol. The largest absolute Gasteiger partial charge is 0.490 e. The first kappa shape index (κ1) is 30.8. The number of alkyl halides is 6. The van der Waals surface area contributed by atoms with Crippen LogP contribution in [0.5, 0.6) is 5.88 Å². The van der Waals surface area contributed by atoms with E-state index in [0.717, 1.165) is 36.1 Å². The van der Waals surface area contributed by atoms with Crippen LogP contribution in [0.25, 0.3) is 10.9 Å². The van der Waals surface area contributed by atoms with Gasteiger partial charge in [-0.15, -0.1) is 0 Å². The highest BCUT2D eigenvalue weighted by molar-refractivity contribution is 6.05. The van der Waals surface area contributed by atoms with Crippen LogP contribution < -0.4 is 10.1 Å². The van der Waals surface area contributed by atoms with Gasteiger partial charge in [-0.05, 0) is 37.7 Å². The summed E-state index contributed by atoms with van der Waals surface area (Å²) in [5, 5.41) is 25.0. The number of ether oxygens (including phenoxy) is 1. The maximum atomic E-state index is 12.5. The van der Waals surface area contributed by atoms with Crippen molar-refractivity contribution in [1.82, 2.24) is 20.1 Å². The molecule has 3 aromatic rings. The zero-order valence-electron chi connectivity index (χ0n) is 19.9. The maximum absolute atomic E-state index is 12.5. The Kier molecular flexibility index (Phi) is 10.2. The van der Waals surface area contributed by atoms with Crippen LogP contribution in [0, 0.1) is 0 Å². The fourth-order valence-electron chi connectivity index (χ4n) is 3.00. The number of hydrogen-bond donors (Lipinski definition) is 4. The summed E-state index contributed by atoms with van der Waals surface area (Å²) in [5.41, 5.74) is 2.17. The van der Waals surface area contributed by atoms with E-state index in [0.29, 0.717) is 11.4 Å². The Morgan fingerprint density at radius 1 is 1.05 bits per heavy atom. The highest BCUT2D eigenvalue weighted by Crippen LogP contribution is 2.20. The van der Waals surface area contributed by atoms with Gasteiger partial charge in [0.15, 0.2) is 0 Å². The van der Waals surface area contributed by atoms with E-state index in [1.807, 2.05) is 18.2 Å². The molecule has 4 N–H and O–H groups in total. The molecular formula is C22H21F6N5O6. The minimum Gasteiger partial charge on any atom is -0.475 e. The maximum Gasteiger partial charge on any atom is 0.490 e. The molecule has 39 heavy (non-hydrogen) atoms. The lowest BCUT2D eigenvalue weighted by Crippen LogP contribution is -2.22. The number of halogens is 6. The van der Waals surface area contributed by atoms with E-state index < -0.39 is 24.3 Å². The molecule has 0 saturated carbocycles. The number of anilines is 1. The van der Waals surface area contributed by atoms with Crippen molar-refractivity contribution in [1.29, 1.82) is 0 Å². The Morgan fingerprint density at radius 3 is 2.21 bits per heavy atom. The number of pyridine rings is 1. The summed E-state index contributed by atoms with van der Waals surface area (Å²) in [7, 11) is 2.07. The lowest BCUT2D eigenvalue weighted by Gasteiger charge is -2.13. The van der Waals surface area contributed by atoms with Gasteiger partial charge < -0.3 is 25.2 Å². The van der Waals surface area contributed by atoms with Crippen molar-refractivity contribution in [2.75, 3.05) is 25.5 Å².